The van der Waals surface area contributed by atoms with Crippen LogP contribution in [0.4, 0.5) is 0 Å². The van der Waals surface area contributed by atoms with Gasteiger partial charge in [0.2, 0.25) is 11.2 Å². The maximum absolute atomic E-state index is 12.7. The van der Waals surface area contributed by atoms with E-state index in [1.54, 1.807) is 24.3 Å². The fraction of sp³-hybridized carbons (Fsp3) is 0.474. The van der Waals surface area contributed by atoms with Crippen molar-refractivity contribution in [1.29, 1.82) is 0 Å². The number of aliphatic carboxylic acids is 1. The number of aliphatic hydroxyl groups excluding tert-OH is 1. The number of nitrogens with one attached hydrogen (secondary N) is 1. The molecule has 2 heterocycles. The topological polar surface area (TPSA) is 129 Å². The standard InChI is InChI=1S/C19H23ClN4O5/c1-29-13-4-2-3-12(9-13)10-19(17(27)28)11-24(8-7-14(19)25)16(26)6-5-15-21-18(20)23-22-15/h2-4,9,14,25H,5-8,10-11H2,1H3,(H,27,28)(H,21,22,23)/t14-,19-/m1/s1. The van der Waals surface area contributed by atoms with E-state index in [1.807, 2.05) is 0 Å². The van der Waals surface area contributed by atoms with Crippen molar-refractivity contribution in [3.8, 4) is 5.75 Å². The number of aromatic nitrogens is 3. The first-order valence-electron chi connectivity index (χ1n) is 9.23. The number of hydrogen-bond acceptors (Lipinski definition) is 6. The van der Waals surface area contributed by atoms with E-state index >= 15 is 0 Å². The Morgan fingerprint density at radius 1 is 1.45 bits per heavy atom. The zero-order valence-corrected chi connectivity index (χ0v) is 16.7. The van der Waals surface area contributed by atoms with E-state index in [0.717, 1.165) is 5.56 Å². The molecule has 29 heavy (non-hydrogen) atoms. The van der Waals surface area contributed by atoms with E-state index < -0.39 is 17.5 Å². The summed E-state index contributed by atoms with van der Waals surface area (Å²) in [5.41, 5.74) is -0.771. The van der Waals surface area contributed by atoms with Gasteiger partial charge in [-0.15, -0.1) is 5.10 Å². The fourth-order valence-electron chi connectivity index (χ4n) is 3.67. The number of rotatable bonds is 7. The Hall–Kier alpha value is -2.65. The van der Waals surface area contributed by atoms with Crippen LogP contribution in [0, 0.1) is 5.41 Å². The van der Waals surface area contributed by atoms with Gasteiger partial charge in [-0.3, -0.25) is 14.7 Å². The minimum absolute atomic E-state index is 0.0727. The summed E-state index contributed by atoms with van der Waals surface area (Å²) in [5.74, 6) is -0.249. The van der Waals surface area contributed by atoms with Gasteiger partial charge in [0.15, 0.2) is 0 Å². The molecule has 1 aliphatic rings. The lowest BCUT2D eigenvalue weighted by molar-refractivity contribution is -0.165. The number of amides is 1. The summed E-state index contributed by atoms with van der Waals surface area (Å²) < 4.78 is 5.20. The van der Waals surface area contributed by atoms with E-state index in [9.17, 15) is 19.8 Å². The van der Waals surface area contributed by atoms with Crippen molar-refractivity contribution >= 4 is 23.5 Å². The molecule has 1 aromatic carbocycles. The summed E-state index contributed by atoms with van der Waals surface area (Å²) in [6.45, 7) is 0.223. The van der Waals surface area contributed by atoms with Gasteiger partial charge >= 0.3 is 5.97 Å². The number of piperidine rings is 1. The lowest BCUT2D eigenvalue weighted by Gasteiger charge is -2.43. The average Bonchev–Trinajstić information content (AvgIpc) is 3.13. The fourth-order valence-corrected chi connectivity index (χ4v) is 3.81. The molecular weight excluding hydrogens is 400 g/mol. The van der Waals surface area contributed by atoms with E-state index in [4.69, 9.17) is 16.3 Å². The van der Waals surface area contributed by atoms with Gasteiger partial charge in [0.1, 0.15) is 17.0 Å². The van der Waals surface area contributed by atoms with Crippen molar-refractivity contribution in [3.05, 3.63) is 40.9 Å². The second kappa shape index (κ2) is 8.79. The number of carbonyl (C=O) groups excluding carboxylic acids is 1. The number of halogens is 1. The van der Waals surface area contributed by atoms with Crippen molar-refractivity contribution < 1.29 is 24.5 Å². The van der Waals surface area contributed by atoms with Gasteiger partial charge in [0.05, 0.1) is 13.2 Å². The molecule has 0 radical (unpaired) electrons. The monoisotopic (exact) mass is 422 g/mol. The number of aliphatic hydroxyl groups is 1. The second-order valence-corrected chi connectivity index (χ2v) is 7.50. The van der Waals surface area contributed by atoms with Crippen LogP contribution in [0.2, 0.25) is 5.28 Å². The molecule has 2 aromatic rings. The molecule has 0 bridgehead atoms. The number of carboxylic acids is 1. The Balaban J connectivity index is 1.75. The molecule has 1 saturated heterocycles. The highest BCUT2D eigenvalue weighted by atomic mass is 35.5. The number of aryl methyl sites for hydroxylation is 1. The van der Waals surface area contributed by atoms with Crippen LogP contribution in [0.3, 0.4) is 0 Å². The van der Waals surface area contributed by atoms with Gasteiger partial charge in [-0.25, -0.2) is 4.98 Å². The maximum Gasteiger partial charge on any atom is 0.314 e. The van der Waals surface area contributed by atoms with Crippen LogP contribution in [-0.4, -0.2) is 68.5 Å². The molecule has 0 spiro atoms. The summed E-state index contributed by atoms with van der Waals surface area (Å²) in [5, 5.41) is 27.0. The molecule has 1 aromatic heterocycles. The predicted octanol–water partition coefficient (Wildman–Crippen LogP) is 1.31. The van der Waals surface area contributed by atoms with Gasteiger partial charge in [-0.1, -0.05) is 12.1 Å². The molecule has 156 valence electrons. The van der Waals surface area contributed by atoms with Crippen LogP contribution in [0.15, 0.2) is 24.3 Å². The molecule has 0 unspecified atom stereocenters. The Bertz CT molecular complexity index is 889. The second-order valence-electron chi connectivity index (χ2n) is 7.16. The molecule has 3 rings (SSSR count). The van der Waals surface area contributed by atoms with Crippen molar-refractivity contribution in [1.82, 2.24) is 20.1 Å². The zero-order valence-electron chi connectivity index (χ0n) is 16.0. The van der Waals surface area contributed by atoms with Crippen LogP contribution >= 0.6 is 11.6 Å². The summed E-state index contributed by atoms with van der Waals surface area (Å²) in [4.78, 5) is 30.4. The van der Waals surface area contributed by atoms with E-state index in [1.165, 1.54) is 12.0 Å². The Kier molecular flexibility index (Phi) is 6.39. The van der Waals surface area contributed by atoms with Crippen LogP contribution < -0.4 is 4.74 Å². The van der Waals surface area contributed by atoms with Crippen molar-refractivity contribution in [2.24, 2.45) is 5.41 Å². The normalized spacial score (nSPS) is 21.8. The first-order valence-corrected chi connectivity index (χ1v) is 9.61. The van der Waals surface area contributed by atoms with Crippen LogP contribution in [0.1, 0.15) is 24.2 Å². The Labute approximate surface area is 172 Å². The number of hydrogen-bond donors (Lipinski definition) is 3. The molecule has 1 fully saturated rings. The predicted molar refractivity (Wildman–Crippen MR) is 104 cm³/mol. The number of carbonyl (C=O) groups is 2. The number of ether oxygens (including phenoxy) is 1. The maximum atomic E-state index is 12.7. The summed E-state index contributed by atoms with van der Waals surface area (Å²) in [7, 11) is 1.53. The lowest BCUT2D eigenvalue weighted by Crippen LogP contribution is -2.58. The molecule has 3 N–H and O–H groups in total. The highest BCUT2D eigenvalue weighted by Crippen LogP contribution is 2.35. The Morgan fingerprint density at radius 3 is 2.90 bits per heavy atom. The summed E-state index contributed by atoms with van der Waals surface area (Å²) in [6, 6.07) is 7.06. The SMILES string of the molecule is COc1cccc(C[C@@]2(C(=O)O)CN(C(=O)CCc3nc(Cl)n[nH]3)CC[C@H]2O)c1. The highest BCUT2D eigenvalue weighted by Gasteiger charge is 2.50. The first kappa shape index (κ1) is 21.1. The van der Waals surface area contributed by atoms with Gasteiger partial charge in [-0.2, -0.15) is 0 Å². The summed E-state index contributed by atoms with van der Waals surface area (Å²) in [6.07, 6.45) is -0.342. The molecule has 0 aliphatic carbocycles. The largest absolute Gasteiger partial charge is 0.497 e. The van der Waals surface area contributed by atoms with Crippen LogP contribution in [0.5, 0.6) is 5.75 Å². The van der Waals surface area contributed by atoms with Gasteiger partial charge in [0.25, 0.3) is 0 Å². The van der Waals surface area contributed by atoms with Crippen molar-refractivity contribution in [3.63, 3.8) is 0 Å². The molecular formula is C19H23ClN4O5. The van der Waals surface area contributed by atoms with Gasteiger partial charge in [-0.05, 0) is 42.1 Å². The zero-order chi connectivity index (χ0) is 21.0. The number of benzene rings is 1. The highest BCUT2D eigenvalue weighted by molar-refractivity contribution is 6.28. The van der Waals surface area contributed by atoms with Gasteiger partial charge < -0.3 is 19.8 Å². The molecule has 0 saturated carbocycles. The lowest BCUT2D eigenvalue weighted by atomic mass is 9.72. The van der Waals surface area contributed by atoms with Crippen molar-refractivity contribution in [2.45, 2.75) is 31.8 Å². The number of likely N-dealkylation sites (tertiary alicyclic amines) is 1. The van der Waals surface area contributed by atoms with Gasteiger partial charge in [0, 0.05) is 25.9 Å². The molecule has 10 heteroatoms. The summed E-state index contributed by atoms with van der Waals surface area (Å²) >= 11 is 5.66. The van der Waals surface area contributed by atoms with E-state index in [2.05, 4.69) is 15.2 Å². The van der Waals surface area contributed by atoms with Crippen LogP contribution in [0.25, 0.3) is 0 Å². The molecule has 1 aliphatic heterocycles. The molecule has 9 nitrogen and oxygen atoms in total. The minimum atomic E-state index is -1.49. The Morgan fingerprint density at radius 2 is 2.24 bits per heavy atom. The number of methoxy groups -OCH3 is 1. The number of carboxylic acid groups (broad SMARTS) is 1. The smallest absolute Gasteiger partial charge is 0.314 e. The van der Waals surface area contributed by atoms with E-state index in [-0.39, 0.29) is 37.0 Å². The minimum Gasteiger partial charge on any atom is -0.497 e. The number of H-pyrrole nitrogens is 1. The van der Waals surface area contributed by atoms with Crippen LogP contribution in [-0.2, 0) is 22.4 Å². The molecule has 2 atom stereocenters. The third-order valence-electron chi connectivity index (χ3n) is 5.30. The first-order chi connectivity index (χ1) is 13.8. The van der Waals surface area contributed by atoms with E-state index in [0.29, 0.717) is 24.5 Å². The number of aromatic amines is 1. The molecule has 1 amide bonds. The average molecular weight is 423 g/mol. The quantitative estimate of drug-likeness (QED) is 0.613. The third kappa shape index (κ3) is 4.68. The number of nitrogens with zero attached hydrogens (tertiary/aromatic N) is 3. The van der Waals surface area contributed by atoms with Crippen molar-refractivity contribution in [2.75, 3.05) is 20.2 Å². The third-order valence-corrected chi connectivity index (χ3v) is 5.46.